The van der Waals surface area contributed by atoms with Crippen LogP contribution in [0.5, 0.6) is 0 Å². The lowest BCUT2D eigenvalue weighted by molar-refractivity contribution is 0.140. The molecule has 0 bridgehead atoms. The van der Waals surface area contributed by atoms with Crippen LogP contribution in [-0.4, -0.2) is 37.1 Å². The predicted octanol–water partition coefficient (Wildman–Crippen LogP) is 1.12. The number of hydrogen-bond donors (Lipinski definition) is 2. The molecule has 1 heterocycles. The van der Waals surface area contributed by atoms with Gasteiger partial charge >= 0.3 is 6.09 Å². The molecular formula is C12H17NO4. The van der Waals surface area contributed by atoms with Gasteiger partial charge in [-0.1, -0.05) is 12.7 Å². The van der Waals surface area contributed by atoms with E-state index in [1.54, 1.807) is 25.3 Å². The quantitative estimate of drug-likeness (QED) is 0.557. The molecule has 2 atom stereocenters. The van der Waals surface area contributed by atoms with Crippen molar-refractivity contribution >= 4 is 6.09 Å². The summed E-state index contributed by atoms with van der Waals surface area (Å²) in [6.07, 6.45) is 4.14. The monoisotopic (exact) mass is 239 g/mol. The van der Waals surface area contributed by atoms with Crippen LogP contribution in [0.1, 0.15) is 6.92 Å². The number of ether oxygens (including phenoxy) is 2. The van der Waals surface area contributed by atoms with Gasteiger partial charge in [0.2, 0.25) is 0 Å². The summed E-state index contributed by atoms with van der Waals surface area (Å²) < 4.78 is 10.1. The standard InChI is InChI=1S/C12H17NO4/c1-4-9(16-3)6-5-8(2)11-10(7-14)13-12(15)17-11/h4-6,10-11,14H,2,7H2,1,3H3,(H,13,15)/b6-5-,9-4+/t10-,11-/m1/s1. The van der Waals surface area contributed by atoms with Gasteiger partial charge in [0.25, 0.3) is 0 Å². The van der Waals surface area contributed by atoms with E-state index in [4.69, 9.17) is 14.6 Å². The normalized spacial score (nSPS) is 24.6. The van der Waals surface area contributed by atoms with E-state index < -0.39 is 18.2 Å². The zero-order valence-corrected chi connectivity index (χ0v) is 9.97. The highest BCUT2D eigenvalue weighted by Gasteiger charge is 2.34. The summed E-state index contributed by atoms with van der Waals surface area (Å²) in [5, 5.41) is 11.6. The van der Waals surface area contributed by atoms with Crippen LogP contribution in [-0.2, 0) is 9.47 Å². The summed E-state index contributed by atoms with van der Waals surface area (Å²) in [6.45, 7) is 5.47. The largest absolute Gasteiger partial charge is 0.497 e. The van der Waals surface area contributed by atoms with Gasteiger partial charge in [-0.3, -0.25) is 0 Å². The summed E-state index contributed by atoms with van der Waals surface area (Å²) in [5.41, 5.74) is 0.596. The molecule has 1 aliphatic heterocycles. The zero-order chi connectivity index (χ0) is 12.8. The predicted molar refractivity (Wildman–Crippen MR) is 63.3 cm³/mol. The molecule has 0 spiro atoms. The Hall–Kier alpha value is -1.75. The van der Waals surface area contributed by atoms with Crippen molar-refractivity contribution < 1.29 is 19.4 Å². The first-order valence-corrected chi connectivity index (χ1v) is 5.27. The Kier molecular flexibility index (Phi) is 4.78. The summed E-state index contributed by atoms with van der Waals surface area (Å²) >= 11 is 0. The second-order valence-electron chi connectivity index (χ2n) is 3.56. The second-order valence-corrected chi connectivity index (χ2v) is 3.56. The van der Waals surface area contributed by atoms with Crippen LogP contribution in [0.25, 0.3) is 0 Å². The summed E-state index contributed by atoms with van der Waals surface area (Å²) in [5.74, 6) is 0.684. The molecule has 1 fully saturated rings. The third kappa shape index (κ3) is 3.35. The lowest BCUT2D eigenvalue weighted by Crippen LogP contribution is -2.35. The molecule has 0 aromatic heterocycles. The van der Waals surface area contributed by atoms with E-state index in [0.717, 1.165) is 0 Å². The molecule has 0 aromatic rings. The Labute approximate surface area is 100 Å². The fraction of sp³-hybridized carbons (Fsp3) is 0.417. The molecule has 1 aliphatic rings. The molecule has 0 saturated carbocycles. The van der Waals surface area contributed by atoms with Crippen molar-refractivity contribution in [3.63, 3.8) is 0 Å². The first-order valence-electron chi connectivity index (χ1n) is 5.27. The molecule has 5 heteroatoms. The van der Waals surface area contributed by atoms with Gasteiger partial charge in [-0.2, -0.15) is 0 Å². The first kappa shape index (κ1) is 13.3. The van der Waals surface area contributed by atoms with Gasteiger partial charge in [0.15, 0.2) is 6.10 Å². The first-order chi connectivity index (χ1) is 8.12. The van der Waals surface area contributed by atoms with Crippen molar-refractivity contribution in [3.05, 3.63) is 36.1 Å². The van der Waals surface area contributed by atoms with Gasteiger partial charge in [0.1, 0.15) is 5.76 Å². The van der Waals surface area contributed by atoms with E-state index in [-0.39, 0.29) is 6.61 Å². The van der Waals surface area contributed by atoms with Crippen LogP contribution >= 0.6 is 0 Å². The van der Waals surface area contributed by atoms with Gasteiger partial charge in [0, 0.05) is 0 Å². The Morgan fingerprint density at radius 1 is 1.65 bits per heavy atom. The molecule has 2 N–H and O–H groups in total. The fourth-order valence-corrected chi connectivity index (χ4v) is 1.50. The number of cyclic esters (lactones) is 1. The zero-order valence-electron chi connectivity index (χ0n) is 9.97. The number of alkyl carbamates (subject to hydrolysis) is 1. The average molecular weight is 239 g/mol. The number of methoxy groups -OCH3 is 1. The second kappa shape index (κ2) is 6.10. The molecule has 1 amide bonds. The van der Waals surface area contributed by atoms with Crippen LogP contribution in [0, 0.1) is 0 Å². The smallest absolute Gasteiger partial charge is 0.408 e. The molecule has 0 aromatic carbocycles. The molecule has 0 unspecified atom stereocenters. The fourth-order valence-electron chi connectivity index (χ4n) is 1.50. The van der Waals surface area contributed by atoms with Crippen molar-refractivity contribution in [3.8, 4) is 0 Å². The van der Waals surface area contributed by atoms with Crippen molar-refractivity contribution in [1.82, 2.24) is 5.32 Å². The molecule has 0 radical (unpaired) electrons. The molecule has 0 aliphatic carbocycles. The van der Waals surface area contributed by atoms with Crippen molar-refractivity contribution in [2.75, 3.05) is 13.7 Å². The molecule has 94 valence electrons. The SMILES string of the molecule is C=C(/C=C\C(=C/C)OC)[C@H]1OC(=O)N[C@@H]1CO. The number of amides is 1. The molecule has 5 nitrogen and oxygen atoms in total. The minimum Gasteiger partial charge on any atom is -0.497 e. The van der Waals surface area contributed by atoms with E-state index in [1.165, 1.54) is 0 Å². The summed E-state index contributed by atoms with van der Waals surface area (Å²) in [6, 6.07) is -0.448. The van der Waals surface area contributed by atoms with Crippen LogP contribution in [0.2, 0.25) is 0 Å². The van der Waals surface area contributed by atoms with Gasteiger partial charge < -0.3 is 19.9 Å². The maximum Gasteiger partial charge on any atom is 0.408 e. The highest BCUT2D eigenvalue weighted by atomic mass is 16.6. The Bertz CT molecular complexity index is 360. The molecular weight excluding hydrogens is 222 g/mol. The number of hydrogen-bond acceptors (Lipinski definition) is 4. The van der Waals surface area contributed by atoms with Crippen LogP contribution in [0.3, 0.4) is 0 Å². The minimum absolute atomic E-state index is 0.190. The van der Waals surface area contributed by atoms with Crippen LogP contribution in [0.15, 0.2) is 36.1 Å². The third-order valence-electron chi connectivity index (χ3n) is 2.45. The van der Waals surface area contributed by atoms with Crippen LogP contribution in [0.4, 0.5) is 4.79 Å². The van der Waals surface area contributed by atoms with E-state index >= 15 is 0 Å². The summed E-state index contributed by atoms with van der Waals surface area (Å²) in [4.78, 5) is 11.0. The lowest BCUT2D eigenvalue weighted by Gasteiger charge is -2.14. The van der Waals surface area contributed by atoms with Gasteiger partial charge in [-0.05, 0) is 24.6 Å². The van der Waals surface area contributed by atoms with E-state index in [1.807, 2.05) is 6.92 Å². The third-order valence-corrected chi connectivity index (χ3v) is 2.45. The van der Waals surface area contributed by atoms with Crippen molar-refractivity contribution in [2.45, 2.75) is 19.1 Å². The highest BCUT2D eigenvalue weighted by Crippen LogP contribution is 2.17. The van der Waals surface area contributed by atoms with Gasteiger partial charge in [-0.25, -0.2) is 4.79 Å². The Morgan fingerprint density at radius 3 is 2.88 bits per heavy atom. The maximum absolute atomic E-state index is 11.0. The van der Waals surface area contributed by atoms with Crippen molar-refractivity contribution in [2.24, 2.45) is 0 Å². The lowest BCUT2D eigenvalue weighted by atomic mass is 10.0. The number of carbonyl (C=O) groups excluding carboxylic acids is 1. The number of rotatable bonds is 5. The number of allylic oxidation sites excluding steroid dienone is 2. The number of aliphatic hydroxyl groups is 1. The van der Waals surface area contributed by atoms with Crippen molar-refractivity contribution in [1.29, 1.82) is 0 Å². The average Bonchev–Trinajstić information content (AvgIpc) is 2.71. The number of nitrogens with one attached hydrogen (secondary N) is 1. The van der Waals surface area contributed by atoms with Gasteiger partial charge in [-0.15, -0.1) is 0 Å². The maximum atomic E-state index is 11.0. The van der Waals surface area contributed by atoms with Crippen LogP contribution < -0.4 is 5.32 Å². The Balaban J connectivity index is 2.67. The van der Waals surface area contributed by atoms with E-state index in [0.29, 0.717) is 11.3 Å². The minimum atomic E-state index is -0.543. The van der Waals surface area contributed by atoms with Gasteiger partial charge in [0.05, 0.1) is 19.8 Å². The van der Waals surface area contributed by atoms with E-state index in [2.05, 4.69) is 11.9 Å². The summed E-state index contributed by atoms with van der Waals surface area (Å²) in [7, 11) is 1.57. The topological polar surface area (TPSA) is 67.8 Å². The molecule has 17 heavy (non-hydrogen) atoms. The Morgan fingerprint density at radius 2 is 2.35 bits per heavy atom. The van der Waals surface area contributed by atoms with E-state index in [9.17, 15) is 4.79 Å². The molecule has 1 saturated heterocycles. The number of carbonyl (C=O) groups is 1. The number of aliphatic hydroxyl groups excluding tert-OH is 1. The highest BCUT2D eigenvalue weighted by molar-refractivity contribution is 5.71. The molecule has 1 rings (SSSR count).